The molecule has 0 radical (unpaired) electrons. The van der Waals surface area contributed by atoms with Crippen LogP contribution in [0.3, 0.4) is 0 Å². The third kappa shape index (κ3) is 2.99. The fourth-order valence-corrected chi connectivity index (χ4v) is 5.63. The van der Waals surface area contributed by atoms with Crippen LogP contribution < -0.4 is 19.5 Å². The summed E-state index contributed by atoms with van der Waals surface area (Å²) in [5, 5.41) is 4.31. The fourth-order valence-electron chi connectivity index (χ4n) is 4.13. The Morgan fingerprint density at radius 2 is 1.93 bits per heavy atom. The number of fused-ring (bicyclic) bond motifs is 1. The molecule has 1 aromatic rings. The van der Waals surface area contributed by atoms with E-state index in [0.717, 1.165) is 5.41 Å². The minimum Gasteiger partial charge on any atom is -0.496 e. The van der Waals surface area contributed by atoms with Gasteiger partial charge < -0.3 is 19.5 Å². The van der Waals surface area contributed by atoms with Crippen LogP contribution in [-0.4, -0.2) is 51.6 Å². The fraction of sp³-hybridized carbons (Fsp3) is 0.400. The second kappa shape index (κ2) is 7.02. The molecule has 0 bridgehead atoms. The Balaban J connectivity index is 1.69. The number of rotatable bonds is 4. The van der Waals surface area contributed by atoms with Crippen molar-refractivity contribution >= 4 is 33.0 Å². The van der Waals surface area contributed by atoms with E-state index in [0.29, 0.717) is 12.1 Å². The number of nitrogens with one attached hydrogen (secondary N) is 1. The summed E-state index contributed by atoms with van der Waals surface area (Å²) >= 11 is 6.35. The van der Waals surface area contributed by atoms with E-state index in [1.807, 2.05) is 0 Å². The summed E-state index contributed by atoms with van der Waals surface area (Å²) in [5.41, 5.74) is -1.10. The van der Waals surface area contributed by atoms with Crippen molar-refractivity contribution in [2.24, 2.45) is 5.92 Å². The predicted octanol–water partition coefficient (Wildman–Crippen LogP) is 2.06. The summed E-state index contributed by atoms with van der Waals surface area (Å²) in [7, 11) is -0.410. The number of carbonyl (C=O) groups excluding carboxylic acids is 2. The molecule has 0 saturated heterocycles. The average molecular weight is 454 g/mol. The lowest BCUT2D eigenvalue weighted by molar-refractivity contribution is -0.129. The number of benzene rings is 1. The zero-order valence-electron chi connectivity index (χ0n) is 16.5. The molecule has 1 aliphatic carbocycles. The van der Waals surface area contributed by atoms with E-state index in [1.165, 1.54) is 26.4 Å². The highest BCUT2D eigenvalue weighted by atomic mass is 35.5. The molecule has 8 nitrogen and oxygen atoms in total. The Bertz CT molecular complexity index is 1120. The lowest BCUT2D eigenvalue weighted by atomic mass is 9.74. The third-order valence-electron chi connectivity index (χ3n) is 5.61. The van der Waals surface area contributed by atoms with E-state index in [4.69, 9.17) is 25.8 Å². The summed E-state index contributed by atoms with van der Waals surface area (Å²) in [6.45, 7) is 1.73. The maximum absolute atomic E-state index is 13.4. The molecule has 2 heterocycles. The first-order valence-electron chi connectivity index (χ1n) is 9.23. The predicted molar refractivity (Wildman–Crippen MR) is 109 cm³/mol. The van der Waals surface area contributed by atoms with E-state index in [9.17, 15) is 18.0 Å². The van der Waals surface area contributed by atoms with Gasteiger partial charge in [-0.3, -0.25) is 9.59 Å². The number of hydrogen-bond acceptors (Lipinski definition) is 8. The second-order valence-electron chi connectivity index (χ2n) is 7.51. The number of carbonyl (C=O) groups is 2. The van der Waals surface area contributed by atoms with Gasteiger partial charge in [0.2, 0.25) is 17.2 Å². The quantitative estimate of drug-likeness (QED) is 0.690. The second-order valence-corrected chi connectivity index (χ2v) is 9.82. The van der Waals surface area contributed by atoms with Crippen LogP contribution >= 0.6 is 11.6 Å². The highest BCUT2D eigenvalue weighted by molar-refractivity contribution is 7.94. The molecule has 160 valence electrons. The van der Waals surface area contributed by atoms with Gasteiger partial charge in [0.15, 0.2) is 15.6 Å². The van der Waals surface area contributed by atoms with Gasteiger partial charge in [-0.1, -0.05) is 24.6 Å². The maximum Gasteiger partial charge on any atom is 0.236 e. The van der Waals surface area contributed by atoms with Crippen molar-refractivity contribution in [1.82, 2.24) is 5.32 Å². The summed E-state index contributed by atoms with van der Waals surface area (Å²) in [4.78, 5) is 26.6. The SMILES string of the molecule is COc1cc(OC)c2c(c1Cl)OC1(C(=O)C=C(NC3C=CS(=O)(=O)C3)CC1C)C2=O. The number of ketones is 2. The van der Waals surface area contributed by atoms with Gasteiger partial charge in [0.1, 0.15) is 22.1 Å². The monoisotopic (exact) mass is 453 g/mol. The molecular weight excluding hydrogens is 434 g/mol. The van der Waals surface area contributed by atoms with E-state index >= 15 is 0 Å². The van der Waals surface area contributed by atoms with Crippen LogP contribution in [0.4, 0.5) is 0 Å². The van der Waals surface area contributed by atoms with Gasteiger partial charge in [-0.2, -0.15) is 0 Å². The summed E-state index contributed by atoms with van der Waals surface area (Å²) < 4.78 is 39.7. The van der Waals surface area contributed by atoms with Gasteiger partial charge in [-0.15, -0.1) is 0 Å². The van der Waals surface area contributed by atoms with Gasteiger partial charge in [0.05, 0.1) is 26.0 Å². The zero-order chi connectivity index (χ0) is 21.8. The first kappa shape index (κ1) is 20.7. The van der Waals surface area contributed by atoms with Crippen LogP contribution in [0.2, 0.25) is 5.02 Å². The minimum atomic E-state index is -3.23. The van der Waals surface area contributed by atoms with Crippen molar-refractivity contribution in [3.63, 3.8) is 0 Å². The number of methoxy groups -OCH3 is 2. The van der Waals surface area contributed by atoms with Crippen molar-refractivity contribution in [1.29, 1.82) is 0 Å². The van der Waals surface area contributed by atoms with Gasteiger partial charge in [0.25, 0.3) is 0 Å². The molecular formula is C20H20ClNO7S. The molecule has 0 saturated carbocycles. The molecule has 2 aliphatic heterocycles. The lowest BCUT2D eigenvalue weighted by Crippen LogP contribution is -2.55. The van der Waals surface area contributed by atoms with Crippen LogP contribution in [0.15, 0.2) is 29.3 Å². The normalized spacial score (nSPS) is 28.9. The third-order valence-corrected chi connectivity index (χ3v) is 7.36. The topological polar surface area (TPSA) is 108 Å². The number of hydrogen-bond donors (Lipinski definition) is 1. The summed E-state index contributed by atoms with van der Waals surface area (Å²) in [5.74, 6) is -1.13. The largest absolute Gasteiger partial charge is 0.496 e. The van der Waals surface area contributed by atoms with E-state index in [1.54, 1.807) is 13.0 Å². The first-order chi connectivity index (χ1) is 14.1. The van der Waals surface area contributed by atoms with Gasteiger partial charge in [-0.25, -0.2) is 8.42 Å². The highest BCUT2D eigenvalue weighted by Crippen LogP contribution is 2.52. The molecule has 10 heteroatoms. The van der Waals surface area contributed by atoms with Gasteiger partial charge in [-0.05, 0) is 6.42 Å². The van der Waals surface area contributed by atoms with Crippen molar-refractivity contribution in [3.05, 3.63) is 39.9 Å². The Morgan fingerprint density at radius 1 is 1.23 bits per heavy atom. The molecule has 3 aliphatic rings. The number of halogens is 1. The van der Waals surface area contributed by atoms with Crippen LogP contribution in [0.1, 0.15) is 23.7 Å². The molecule has 0 fully saturated rings. The molecule has 4 rings (SSSR count). The number of sulfone groups is 1. The van der Waals surface area contributed by atoms with Gasteiger partial charge in [0, 0.05) is 29.2 Å². The van der Waals surface area contributed by atoms with Crippen LogP contribution in [0.5, 0.6) is 17.2 Å². The Kier molecular flexibility index (Phi) is 4.85. The first-order valence-corrected chi connectivity index (χ1v) is 11.3. The van der Waals surface area contributed by atoms with Crippen LogP contribution in [0.25, 0.3) is 0 Å². The zero-order valence-corrected chi connectivity index (χ0v) is 18.1. The minimum absolute atomic E-state index is 0.0627. The molecule has 1 aromatic carbocycles. The standard InChI is InChI=1S/C20H20ClNO7S/c1-10-6-12(22-11-4-5-30(25,26)9-11)7-15(23)20(10)19(24)16-13(27-2)8-14(28-3)17(21)18(16)29-20/h4-5,7-8,10-11,22H,6,9H2,1-3H3. The maximum atomic E-state index is 13.4. The Hall–Kier alpha value is -2.52. The summed E-state index contributed by atoms with van der Waals surface area (Å²) in [6.07, 6.45) is 3.16. The van der Waals surface area contributed by atoms with Gasteiger partial charge >= 0.3 is 0 Å². The highest BCUT2D eigenvalue weighted by Gasteiger charge is 2.60. The van der Waals surface area contributed by atoms with E-state index < -0.39 is 39.0 Å². The Morgan fingerprint density at radius 3 is 2.50 bits per heavy atom. The van der Waals surface area contributed by atoms with Crippen molar-refractivity contribution < 1.29 is 32.2 Å². The van der Waals surface area contributed by atoms with Crippen LogP contribution in [0, 0.1) is 5.92 Å². The molecule has 30 heavy (non-hydrogen) atoms. The lowest BCUT2D eigenvalue weighted by Gasteiger charge is -2.35. The van der Waals surface area contributed by atoms with Crippen molar-refractivity contribution in [2.45, 2.75) is 25.0 Å². The number of Topliss-reactive ketones (excluding diaryl/α,β-unsaturated/α-hetero) is 1. The molecule has 1 N–H and O–H groups in total. The molecule has 1 spiro atoms. The molecule has 3 atom stereocenters. The smallest absolute Gasteiger partial charge is 0.236 e. The Labute approximate surface area is 178 Å². The van der Waals surface area contributed by atoms with Crippen molar-refractivity contribution in [3.8, 4) is 17.2 Å². The number of ether oxygens (including phenoxy) is 3. The summed E-state index contributed by atoms with van der Waals surface area (Å²) in [6, 6.07) is 1.06. The molecule has 0 aromatic heterocycles. The molecule has 0 amide bonds. The number of allylic oxidation sites excluding steroid dienone is 1. The van der Waals surface area contributed by atoms with E-state index in [-0.39, 0.29) is 33.6 Å². The van der Waals surface area contributed by atoms with Crippen molar-refractivity contribution in [2.75, 3.05) is 20.0 Å². The van der Waals surface area contributed by atoms with Crippen LogP contribution in [-0.2, 0) is 14.6 Å². The molecule has 3 unspecified atom stereocenters. The average Bonchev–Trinajstić information content (AvgIpc) is 3.19. The van der Waals surface area contributed by atoms with E-state index in [2.05, 4.69) is 5.32 Å².